The molecule has 1 atom stereocenters. The fraction of sp³-hybridized carbons (Fsp3) is 0.200. The van der Waals surface area contributed by atoms with Crippen LogP contribution in [-0.2, 0) is 0 Å². The smallest absolute Gasteiger partial charge is 0.270 e. The molecule has 1 aromatic heterocycles. The van der Waals surface area contributed by atoms with E-state index < -0.39 is 0 Å². The van der Waals surface area contributed by atoms with Gasteiger partial charge in [0.05, 0.1) is 6.54 Å². The van der Waals surface area contributed by atoms with Gasteiger partial charge < -0.3 is 14.8 Å². The van der Waals surface area contributed by atoms with E-state index in [4.69, 9.17) is 9.47 Å². The molecule has 2 heterocycles. The van der Waals surface area contributed by atoms with Crippen LogP contribution in [-0.4, -0.2) is 30.1 Å². The van der Waals surface area contributed by atoms with E-state index in [1.165, 1.54) is 0 Å². The third-order valence-electron chi connectivity index (χ3n) is 2.96. The monoisotopic (exact) mass is 270 g/mol. The maximum atomic E-state index is 11.9. The normalized spacial score (nSPS) is 16.5. The minimum absolute atomic E-state index is 0.197. The fourth-order valence-electron chi connectivity index (χ4n) is 1.96. The van der Waals surface area contributed by atoms with E-state index in [0.29, 0.717) is 24.6 Å². The Kier molecular flexibility index (Phi) is 3.50. The van der Waals surface area contributed by atoms with Gasteiger partial charge in [0.1, 0.15) is 18.4 Å². The summed E-state index contributed by atoms with van der Waals surface area (Å²) in [6.07, 6.45) is 1.39. The molecule has 0 fully saturated rings. The highest BCUT2D eigenvalue weighted by Gasteiger charge is 2.21. The van der Waals surface area contributed by atoms with Crippen molar-refractivity contribution in [1.82, 2.24) is 10.3 Å². The van der Waals surface area contributed by atoms with Gasteiger partial charge >= 0.3 is 0 Å². The predicted molar refractivity (Wildman–Crippen MR) is 72.9 cm³/mol. The first-order valence-corrected chi connectivity index (χ1v) is 6.40. The lowest BCUT2D eigenvalue weighted by Crippen LogP contribution is -2.40. The number of hydrogen-bond donors (Lipinski definition) is 1. The van der Waals surface area contributed by atoms with Crippen LogP contribution in [0, 0.1) is 0 Å². The van der Waals surface area contributed by atoms with Crippen LogP contribution in [0.25, 0.3) is 0 Å². The number of benzene rings is 1. The minimum atomic E-state index is -0.215. The van der Waals surface area contributed by atoms with Crippen molar-refractivity contribution in [3.05, 3.63) is 54.4 Å². The number of fused-ring (bicyclic) bond motifs is 1. The van der Waals surface area contributed by atoms with Gasteiger partial charge in [-0.2, -0.15) is 0 Å². The van der Waals surface area contributed by atoms with Crippen LogP contribution < -0.4 is 14.8 Å². The van der Waals surface area contributed by atoms with Gasteiger partial charge in [-0.25, -0.2) is 0 Å². The number of para-hydroxylation sites is 2. The van der Waals surface area contributed by atoms with Crippen LogP contribution in [0.15, 0.2) is 48.7 Å². The van der Waals surface area contributed by atoms with Gasteiger partial charge in [0.15, 0.2) is 11.5 Å². The minimum Gasteiger partial charge on any atom is -0.486 e. The van der Waals surface area contributed by atoms with E-state index in [0.717, 1.165) is 5.75 Å². The van der Waals surface area contributed by atoms with Gasteiger partial charge in [0.2, 0.25) is 0 Å². The van der Waals surface area contributed by atoms with E-state index in [2.05, 4.69) is 10.3 Å². The first-order chi connectivity index (χ1) is 9.83. The summed E-state index contributed by atoms with van der Waals surface area (Å²) in [7, 11) is 0. The molecule has 0 aliphatic carbocycles. The molecule has 0 saturated carbocycles. The topological polar surface area (TPSA) is 60.5 Å². The highest BCUT2D eigenvalue weighted by molar-refractivity contribution is 5.92. The maximum Gasteiger partial charge on any atom is 0.270 e. The number of pyridine rings is 1. The predicted octanol–water partition coefficient (Wildman–Crippen LogP) is 1.65. The van der Waals surface area contributed by atoms with E-state index in [-0.39, 0.29) is 12.0 Å². The van der Waals surface area contributed by atoms with Gasteiger partial charge in [-0.3, -0.25) is 9.78 Å². The molecule has 0 unspecified atom stereocenters. The summed E-state index contributed by atoms with van der Waals surface area (Å²) in [6.45, 7) is 0.795. The van der Waals surface area contributed by atoms with Gasteiger partial charge in [-0.15, -0.1) is 0 Å². The van der Waals surface area contributed by atoms with Crippen LogP contribution in [0.3, 0.4) is 0 Å². The number of carbonyl (C=O) groups is 1. The van der Waals surface area contributed by atoms with Crippen LogP contribution in [0.2, 0.25) is 0 Å². The van der Waals surface area contributed by atoms with Crippen molar-refractivity contribution in [2.75, 3.05) is 13.2 Å². The van der Waals surface area contributed by atoms with Gasteiger partial charge in [-0.05, 0) is 24.3 Å². The highest BCUT2D eigenvalue weighted by Crippen LogP contribution is 2.30. The number of ether oxygens (including phenoxy) is 2. The molecule has 1 aromatic carbocycles. The molecule has 0 bridgehead atoms. The number of nitrogens with one attached hydrogen (secondary N) is 1. The zero-order valence-corrected chi connectivity index (χ0v) is 10.8. The molecule has 0 spiro atoms. The Morgan fingerprint density at radius 3 is 2.80 bits per heavy atom. The van der Waals surface area contributed by atoms with Crippen molar-refractivity contribution in [2.24, 2.45) is 0 Å². The summed E-state index contributed by atoms with van der Waals surface area (Å²) >= 11 is 0. The average molecular weight is 270 g/mol. The Hall–Kier alpha value is -2.56. The van der Waals surface area contributed by atoms with Crippen molar-refractivity contribution >= 4 is 5.91 Å². The van der Waals surface area contributed by atoms with Crippen molar-refractivity contribution in [3.63, 3.8) is 0 Å². The van der Waals surface area contributed by atoms with Crippen molar-refractivity contribution in [3.8, 4) is 11.5 Å². The number of amides is 1. The average Bonchev–Trinajstić information content (AvgIpc) is 2.53. The number of rotatable bonds is 3. The highest BCUT2D eigenvalue weighted by atomic mass is 16.6. The largest absolute Gasteiger partial charge is 0.486 e. The Bertz CT molecular complexity index is 601. The number of nitrogens with zero attached hydrogens (tertiary/aromatic N) is 1. The molecule has 3 rings (SSSR count). The standard InChI is InChI=1S/C15H14N2O3/c18-15(12-5-3-4-8-16-12)17-9-11-10-19-13-6-1-2-7-14(13)20-11/h1-8,11H,9-10H2,(H,17,18)/t11-/m1/s1. The lowest BCUT2D eigenvalue weighted by molar-refractivity contribution is 0.0786. The van der Waals surface area contributed by atoms with Crippen LogP contribution in [0.1, 0.15) is 10.5 Å². The Morgan fingerprint density at radius 1 is 1.20 bits per heavy atom. The Morgan fingerprint density at radius 2 is 2.00 bits per heavy atom. The molecule has 1 N–H and O–H groups in total. The molecule has 2 aromatic rings. The summed E-state index contributed by atoms with van der Waals surface area (Å²) in [5.41, 5.74) is 0.393. The molecule has 1 aliphatic rings. The fourth-order valence-corrected chi connectivity index (χ4v) is 1.96. The third-order valence-corrected chi connectivity index (χ3v) is 2.96. The first-order valence-electron chi connectivity index (χ1n) is 6.40. The number of aromatic nitrogens is 1. The Balaban J connectivity index is 1.57. The molecule has 5 heteroatoms. The van der Waals surface area contributed by atoms with E-state index in [1.807, 2.05) is 24.3 Å². The molecular formula is C15H14N2O3. The first kappa shape index (κ1) is 12.5. The van der Waals surface area contributed by atoms with Crippen molar-refractivity contribution in [1.29, 1.82) is 0 Å². The quantitative estimate of drug-likeness (QED) is 0.921. The Labute approximate surface area is 116 Å². The molecule has 1 amide bonds. The molecule has 5 nitrogen and oxygen atoms in total. The van der Waals surface area contributed by atoms with E-state index in [1.54, 1.807) is 24.4 Å². The van der Waals surface area contributed by atoms with Crippen LogP contribution in [0.5, 0.6) is 11.5 Å². The molecule has 102 valence electrons. The number of carbonyl (C=O) groups excluding carboxylic acids is 1. The van der Waals surface area contributed by atoms with Crippen LogP contribution in [0.4, 0.5) is 0 Å². The lowest BCUT2D eigenvalue weighted by atomic mass is 10.2. The zero-order valence-electron chi connectivity index (χ0n) is 10.8. The second-order valence-corrected chi connectivity index (χ2v) is 4.42. The molecular weight excluding hydrogens is 256 g/mol. The molecule has 20 heavy (non-hydrogen) atoms. The number of hydrogen-bond acceptors (Lipinski definition) is 4. The van der Waals surface area contributed by atoms with E-state index >= 15 is 0 Å². The van der Waals surface area contributed by atoms with E-state index in [9.17, 15) is 4.79 Å². The summed E-state index contributed by atoms with van der Waals surface area (Å²) in [5, 5.41) is 2.79. The lowest BCUT2D eigenvalue weighted by Gasteiger charge is -2.26. The zero-order chi connectivity index (χ0) is 13.8. The molecule has 0 radical (unpaired) electrons. The summed E-state index contributed by atoms with van der Waals surface area (Å²) < 4.78 is 11.3. The van der Waals surface area contributed by atoms with Gasteiger partial charge in [0.25, 0.3) is 5.91 Å². The van der Waals surface area contributed by atoms with Gasteiger partial charge in [0, 0.05) is 6.20 Å². The second-order valence-electron chi connectivity index (χ2n) is 4.42. The second kappa shape index (κ2) is 5.61. The van der Waals surface area contributed by atoms with Crippen molar-refractivity contribution in [2.45, 2.75) is 6.10 Å². The SMILES string of the molecule is O=C(NC[C@@H]1COc2ccccc2O1)c1ccccn1. The van der Waals surface area contributed by atoms with Gasteiger partial charge in [-0.1, -0.05) is 18.2 Å². The summed E-state index contributed by atoms with van der Waals surface area (Å²) in [5.74, 6) is 1.23. The van der Waals surface area contributed by atoms with Crippen LogP contribution >= 0.6 is 0 Å². The molecule has 1 aliphatic heterocycles. The molecule has 0 saturated heterocycles. The summed E-state index contributed by atoms with van der Waals surface area (Å²) in [4.78, 5) is 15.9. The maximum absolute atomic E-state index is 11.9. The van der Waals surface area contributed by atoms with Crippen molar-refractivity contribution < 1.29 is 14.3 Å². The third kappa shape index (κ3) is 2.71. The summed E-state index contributed by atoms with van der Waals surface area (Å²) in [6, 6.07) is 12.7.